The summed E-state index contributed by atoms with van der Waals surface area (Å²) in [5.74, 6) is 2.45. The smallest absolute Gasteiger partial charge is 0.454 e. The predicted octanol–water partition coefficient (Wildman–Crippen LogP) is 4.07. The van der Waals surface area contributed by atoms with Crippen molar-refractivity contribution < 1.29 is 13.7 Å². The van der Waals surface area contributed by atoms with Gasteiger partial charge in [0, 0.05) is 21.8 Å². The molecule has 0 aliphatic carbocycles. The summed E-state index contributed by atoms with van der Waals surface area (Å²) < 4.78 is 23.0. The summed E-state index contributed by atoms with van der Waals surface area (Å²) in [7, 11) is -0.743. The van der Waals surface area contributed by atoms with Crippen LogP contribution in [0.2, 0.25) is 0 Å². The van der Waals surface area contributed by atoms with E-state index in [1.54, 1.807) is 0 Å². The van der Waals surface area contributed by atoms with E-state index in [0.29, 0.717) is 6.79 Å². The molecule has 0 fully saturated rings. The molecule has 0 spiro atoms. The number of unbranched alkanes of at least 4 members (excludes halogenated alkanes) is 5. The van der Waals surface area contributed by atoms with Gasteiger partial charge in [0.15, 0.2) is 11.5 Å². The molecule has 2 rings (SSSR count). The normalized spacial score (nSPS) is 15.0. The van der Waals surface area contributed by atoms with Gasteiger partial charge < -0.3 is 9.47 Å². The van der Waals surface area contributed by atoms with Crippen LogP contribution >= 0.6 is 0 Å². The zero-order chi connectivity index (χ0) is 15.8. The summed E-state index contributed by atoms with van der Waals surface area (Å²) in [4.78, 5) is 0. The molecule has 3 nitrogen and oxygen atoms in total. The fraction of sp³-hybridized carbons (Fsp3) is 0.667. The third-order valence-corrected chi connectivity index (χ3v) is 5.86. The van der Waals surface area contributed by atoms with Gasteiger partial charge in [-0.3, -0.25) is 4.21 Å². The molecule has 0 radical (unpaired) electrons. The summed E-state index contributed by atoms with van der Waals surface area (Å²) >= 11 is 0. The van der Waals surface area contributed by atoms with Crippen LogP contribution in [0.5, 0.6) is 11.5 Å². The van der Waals surface area contributed by atoms with Crippen LogP contribution in [0.1, 0.15) is 57.9 Å². The largest absolute Gasteiger partial charge is 2.00 e. The Balaban J connectivity index is 0.00000264. The molecule has 0 amide bonds. The van der Waals surface area contributed by atoms with E-state index in [0.717, 1.165) is 30.1 Å². The first kappa shape index (κ1) is 20.8. The average Bonchev–Trinajstić information content (AvgIpc) is 2.98. The molecule has 5 heteroatoms. The van der Waals surface area contributed by atoms with Crippen LogP contribution in [0.25, 0.3) is 0 Å². The molecule has 124 valence electrons. The molecule has 0 N–H and O–H groups in total. The molecule has 1 heterocycles. The van der Waals surface area contributed by atoms with Gasteiger partial charge in [0.1, 0.15) is 0 Å². The minimum atomic E-state index is -0.743. The number of hydrogen-bond acceptors (Lipinski definition) is 3. The molecule has 1 aromatic carbocycles. The van der Waals surface area contributed by atoms with Gasteiger partial charge in [-0.25, -0.2) is 0 Å². The molecule has 0 aromatic heterocycles. The molecule has 2 atom stereocenters. The molecular formula is C18H28MgO3S+2. The van der Waals surface area contributed by atoms with Gasteiger partial charge in [-0.05, 0) is 30.5 Å². The fourth-order valence-corrected chi connectivity index (χ4v) is 3.99. The van der Waals surface area contributed by atoms with Crippen LogP contribution < -0.4 is 9.47 Å². The van der Waals surface area contributed by atoms with E-state index in [1.807, 2.05) is 18.2 Å². The standard InChI is InChI=1S/C18H28O3S.Mg/c1-3-4-5-6-7-8-11-22(19)15(2)12-16-9-10-17-18(13-16)21-14-20-17;/h9-10,13,15H,3-8,11-12,14H2,1-2H3;/q;+2. The van der Waals surface area contributed by atoms with Crippen LogP contribution in [-0.4, -0.2) is 45.1 Å². The third kappa shape index (κ3) is 7.02. The predicted molar refractivity (Wildman–Crippen MR) is 97.9 cm³/mol. The summed E-state index contributed by atoms with van der Waals surface area (Å²) in [5.41, 5.74) is 1.17. The first-order chi connectivity index (χ1) is 10.7. The molecule has 0 bridgehead atoms. The third-order valence-electron chi connectivity index (χ3n) is 4.11. The van der Waals surface area contributed by atoms with Crippen molar-refractivity contribution >= 4 is 33.9 Å². The second kappa shape index (κ2) is 11.3. The Labute approximate surface area is 159 Å². The maximum atomic E-state index is 12.3. The molecular weight excluding hydrogens is 321 g/mol. The molecule has 2 unspecified atom stereocenters. The number of benzene rings is 1. The minimum Gasteiger partial charge on any atom is -0.454 e. The van der Waals surface area contributed by atoms with Gasteiger partial charge in [0.25, 0.3) is 0 Å². The fourth-order valence-electron chi connectivity index (χ4n) is 2.72. The summed E-state index contributed by atoms with van der Waals surface area (Å²) in [6.07, 6.45) is 8.32. The number of hydrogen-bond donors (Lipinski definition) is 0. The Hall–Kier alpha value is -0.264. The van der Waals surface area contributed by atoms with E-state index in [-0.39, 0.29) is 28.3 Å². The van der Waals surface area contributed by atoms with E-state index in [2.05, 4.69) is 13.8 Å². The van der Waals surface area contributed by atoms with Gasteiger partial charge in [0.2, 0.25) is 6.79 Å². The number of fused-ring (bicyclic) bond motifs is 1. The quantitative estimate of drug-likeness (QED) is 0.472. The van der Waals surface area contributed by atoms with Crippen LogP contribution in [0.15, 0.2) is 18.2 Å². The van der Waals surface area contributed by atoms with Crippen molar-refractivity contribution in [2.45, 2.75) is 64.0 Å². The average molecular weight is 349 g/mol. The molecule has 1 aliphatic heterocycles. The summed E-state index contributed by atoms with van der Waals surface area (Å²) in [6.45, 7) is 4.61. The Morgan fingerprint density at radius 3 is 2.57 bits per heavy atom. The van der Waals surface area contributed by atoms with E-state index >= 15 is 0 Å². The van der Waals surface area contributed by atoms with Crippen LogP contribution in [-0.2, 0) is 17.2 Å². The SMILES string of the molecule is CCCCCCCCS(=O)C(C)Cc1ccc2c(c1)OCO2.[Mg+2]. The van der Waals surface area contributed by atoms with Crippen molar-refractivity contribution in [1.82, 2.24) is 0 Å². The summed E-state index contributed by atoms with van der Waals surface area (Å²) in [5, 5.41) is 0.191. The first-order valence-corrected chi connectivity index (χ1v) is 9.84. The van der Waals surface area contributed by atoms with E-state index < -0.39 is 10.8 Å². The maximum absolute atomic E-state index is 12.3. The summed E-state index contributed by atoms with van der Waals surface area (Å²) in [6, 6.07) is 6.01. The van der Waals surface area contributed by atoms with Crippen molar-refractivity contribution in [3.63, 3.8) is 0 Å². The van der Waals surface area contributed by atoms with Gasteiger partial charge >= 0.3 is 23.1 Å². The Morgan fingerprint density at radius 2 is 1.78 bits per heavy atom. The van der Waals surface area contributed by atoms with E-state index in [9.17, 15) is 4.21 Å². The number of ether oxygens (including phenoxy) is 2. The molecule has 0 saturated carbocycles. The molecule has 1 aliphatic rings. The zero-order valence-corrected chi connectivity index (χ0v) is 16.7. The number of rotatable bonds is 10. The Morgan fingerprint density at radius 1 is 1.09 bits per heavy atom. The van der Waals surface area contributed by atoms with E-state index in [1.165, 1.54) is 37.7 Å². The van der Waals surface area contributed by atoms with Gasteiger partial charge in [-0.2, -0.15) is 0 Å². The van der Waals surface area contributed by atoms with Crippen molar-refractivity contribution in [2.24, 2.45) is 0 Å². The zero-order valence-electron chi connectivity index (χ0n) is 14.5. The Kier molecular flexibility index (Phi) is 10.2. The molecule has 1 aromatic rings. The topological polar surface area (TPSA) is 35.5 Å². The van der Waals surface area contributed by atoms with E-state index in [4.69, 9.17) is 9.47 Å². The van der Waals surface area contributed by atoms with Crippen molar-refractivity contribution in [2.75, 3.05) is 12.5 Å². The minimum absolute atomic E-state index is 0. The van der Waals surface area contributed by atoms with Gasteiger partial charge in [-0.15, -0.1) is 0 Å². The second-order valence-corrected chi connectivity index (χ2v) is 8.03. The first-order valence-electron chi connectivity index (χ1n) is 8.46. The molecule has 0 saturated heterocycles. The van der Waals surface area contributed by atoms with Crippen LogP contribution in [0.3, 0.4) is 0 Å². The van der Waals surface area contributed by atoms with Crippen molar-refractivity contribution in [1.29, 1.82) is 0 Å². The monoisotopic (exact) mass is 348 g/mol. The van der Waals surface area contributed by atoms with Gasteiger partial charge in [0.05, 0.1) is 0 Å². The van der Waals surface area contributed by atoms with Crippen LogP contribution in [0.4, 0.5) is 0 Å². The van der Waals surface area contributed by atoms with Gasteiger partial charge in [-0.1, -0.05) is 52.0 Å². The molecule has 23 heavy (non-hydrogen) atoms. The second-order valence-electron chi connectivity index (χ2n) is 6.05. The van der Waals surface area contributed by atoms with Crippen LogP contribution in [0, 0.1) is 0 Å². The van der Waals surface area contributed by atoms with Crippen molar-refractivity contribution in [3.8, 4) is 11.5 Å². The van der Waals surface area contributed by atoms with Crippen molar-refractivity contribution in [3.05, 3.63) is 23.8 Å². The maximum Gasteiger partial charge on any atom is 2.00 e. The Bertz CT molecular complexity index is 493.